The fraction of sp³-hybridized carbons (Fsp3) is 0.308. The summed E-state index contributed by atoms with van der Waals surface area (Å²) in [7, 11) is 1.91. The summed E-state index contributed by atoms with van der Waals surface area (Å²) < 4.78 is 15.1. The highest BCUT2D eigenvalue weighted by Crippen LogP contribution is 2.28. The highest BCUT2D eigenvalue weighted by atomic mass is 19.1. The number of benzene rings is 1. The number of halogens is 1. The second-order valence-electron chi connectivity index (χ2n) is 4.31. The number of aromatic nitrogens is 2. The van der Waals surface area contributed by atoms with Gasteiger partial charge in [-0.25, -0.2) is 9.37 Å². The molecule has 0 spiro atoms. The van der Waals surface area contributed by atoms with Gasteiger partial charge in [0.15, 0.2) is 0 Å². The monoisotopic (exact) mass is 218 g/mol. The summed E-state index contributed by atoms with van der Waals surface area (Å²) in [6.45, 7) is 4.19. The van der Waals surface area contributed by atoms with Gasteiger partial charge in [-0.05, 0) is 23.6 Å². The molecule has 2 nitrogen and oxygen atoms in total. The van der Waals surface area contributed by atoms with E-state index in [0.29, 0.717) is 5.92 Å². The molecule has 0 saturated heterocycles. The molecule has 2 rings (SSSR count). The van der Waals surface area contributed by atoms with Crippen molar-refractivity contribution in [1.82, 2.24) is 9.55 Å². The molecule has 0 saturated carbocycles. The molecule has 0 N–H and O–H groups in total. The molecule has 0 aliphatic carbocycles. The molecule has 0 unspecified atom stereocenters. The van der Waals surface area contributed by atoms with E-state index in [1.54, 1.807) is 12.4 Å². The van der Waals surface area contributed by atoms with Gasteiger partial charge in [0.05, 0.1) is 12.0 Å². The minimum atomic E-state index is -0.218. The lowest BCUT2D eigenvalue weighted by molar-refractivity contribution is 0.627. The summed E-state index contributed by atoms with van der Waals surface area (Å²) in [6, 6.07) is 4.89. The van der Waals surface area contributed by atoms with Crippen molar-refractivity contribution in [1.29, 1.82) is 0 Å². The Hall–Kier alpha value is -1.64. The molecule has 0 bridgehead atoms. The van der Waals surface area contributed by atoms with Gasteiger partial charge in [-0.15, -0.1) is 0 Å². The molecule has 3 heteroatoms. The molecule has 1 aromatic carbocycles. The molecular weight excluding hydrogens is 203 g/mol. The van der Waals surface area contributed by atoms with Crippen molar-refractivity contribution in [2.45, 2.75) is 19.8 Å². The second-order valence-corrected chi connectivity index (χ2v) is 4.31. The Kier molecular flexibility index (Phi) is 2.77. The summed E-state index contributed by atoms with van der Waals surface area (Å²) >= 11 is 0. The molecule has 0 fully saturated rings. The Morgan fingerprint density at radius 3 is 2.62 bits per heavy atom. The Labute approximate surface area is 94.8 Å². The number of rotatable bonds is 2. The van der Waals surface area contributed by atoms with Crippen LogP contribution in [0.2, 0.25) is 0 Å². The minimum absolute atomic E-state index is 0.218. The number of imidazole rings is 1. The van der Waals surface area contributed by atoms with E-state index < -0.39 is 0 Å². The van der Waals surface area contributed by atoms with E-state index in [-0.39, 0.29) is 5.82 Å². The zero-order valence-corrected chi connectivity index (χ0v) is 9.74. The van der Waals surface area contributed by atoms with Gasteiger partial charge in [0, 0.05) is 18.8 Å². The van der Waals surface area contributed by atoms with E-state index in [1.165, 1.54) is 6.07 Å². The molecule has 0 aliphatic rings. The SMILES string of the molecule is CC(C)c1ccc(F)cc1-c1cn(C)cn1. The summed E-state index contributed by atoms with van der Waals surface area (Å²) in [5.41, 5.74) is 2.83. The first-order chi connectivity index (χ1) is 7.58. The zero-order valence-electron chi connectivity index (χ0n) is 9.74. The fourth-order valence-electron chi connectivity index (χ4n) is 1.81. The van der Waals surface area contributed by atoms with Gasteiger partial charge in [-0.3, -0.25) is 0 Å². The van der Waals surface area contributed by atoms with Crippen LogP contribution < -0.4 is 0 Å². The van der Waals surface area contributed by atoms with Crippen LogP contribution in [-0.2, 0) is 7.05 Å². The number of aryl methyl sites for hydroxylation is 1. The molecular formula is C13H15FN2. The van der Waals surface area contributed by atoms with Crippen LogP contribution >= 0.6 is 0 Å². The Morgan fingerprint density at radius 2 is 2.06 bits per heavy atom. The molecule has 84 valence electrons. The third-order valence-corrected chi connectivity index (χ3v) is 2.62. The van der Waals surface area contributed by atoms with Gasteiger partial charge >= 0.3 is 0 Å². The summed E-state index contributed by atoms with van der Waals surface area (Å²) in [6.07, 6.45) is 3.63. The molecule has 0 atom stereocenters. The van der Waals surface area contributed by atoms with Crippen molar-refractivity contribution in [3.8, 4) is 11.3 Å². The smallest absolute Gasteiger partial charge is 0.123 e. The zero-order chi connectivity index (χ0) is 11.7. The van der Waals surface area contributed by atoms with Crippen LogP contribution in [0.25, 0.3) is 11.3 Å². The fourth-order valence-corrected chi connectivity index (χ4v) is 1.81. The molecule has 1 aromatic heterocycles. The van der Waals surface area contributed by atoms with Crippen molar-refractivity contribution in [3.63, 3.8) is 0 Å². The van der Waals surface area contributed by atoms with Gasteiger partial charge < -0.3 is 4.57 Å². The molecule has 0 amide bonds. The lowest BCUT2D eigenvalue weighted by Gasteiger charge is -2.10. The summed E-state index contributed by atoms with van der Waals surface area (Å²) in [5.74, 6) is 0.141. The summed E-state index contributed by atoms with van der Waals surface area (Å²) in [4.78, 5) is 4.27. The predicted molar refractivity (Wildman–Crippen MR) is 62.7 cm³/mol. The van der Waals surface area contributed by atoms with Crippen LogP contribution in [0.4, 0.5) is 4.39 Å². The van der Waals surface area contributed by atoms with E-state index >= 15 is 0 Å². The lowest BCUT2D eigenvalue weighted by Crippen LogP contribution is -1.93. The van der Waals surface area contributed by atoms with Gasteiger partial charge in [-0.2, -0.15) is 0 Å². The molecule has 0 aliphatic heterocycles. The first kappa shape index (κ1) is 10.9. The van der Waals surface area contributed by atoms with Gasteiger partial charge in [0.1, 0.15) is 5.82 Å². The van der Waals surface area contributed by atoms with Crippen molar-refractivity contribution < 1.29 is 4.39 Å². The topological polar surface area (TPSA) is 17.8 Å². The third kappa shape index (κ3) is 1.98. The van der Waals surface area contributed by atoms with E-state index in [4.69, 9.17) is 0 Å². The first-order valence-electron chi connectivity index (χ1n) is 5.35. The van der Waals surface area contributed by atoms with E-state index in [2.05, 4.69) is 18.8 Å². The number of hydrogen-bond acceptors (Lipinski definition) is 1. The first-order valence-corrected chi connectivity index (χ1v) is 5.35. The van der Waals surface area contributed by atoms with Crippen LogP contribution in [0.15, 0.2) is 30.7 Å². The Balaban J connectivity index is 2.57. The second kappa shape index (κ2) is 4.08. The Morgan fingerprint density at radius 1 is 1.31 bits per heavy atom. The molecule has 1 heterocycles. The maximum atomic E-state index is 13.3. The molecule has 16 heavy (non-hydrogen) atoms. The van der Waals surface area contributed by atoms with Gasteiger partial charge in [0.2, 0.25) is 0 Å². The van der Waals surface area contributed by atoms with Crippen molar-refractivity contribution in [2.24, 2.45) is 7.05 Å². The highest BCUT2D eigenvalue weighted by Gasteiger charge is 2.11. The Bertz CT molecular complexity index is 500. The van der Waals surface area contributed by atoms with Crippen LogP contribution in [-0.4, -0.2) is 9.55 Å². The van der Waals surface area contributed by atoms with E-state index in [9.17, 15) is 4.39 Å². The average molecular weight is 218 g/mol. The standard InChI is InChI=1S/C13H15FN2/c1-9(2)11-5-4-10(14)6-12(11)13-7-16(3)8-15-13/h4-9H,1-3H3. The van der Waals surface area contributed by atoms with Crippen molar-refractivity contribution >= 4 is 0 Å². The predicted octanol–water partition coefficient (Wildman–Crippen LogP) is 3.35. The van der Waals surface area contributed by atoms with E-state index in [1.807, 2.05) is 23.9 Å². The third-order valence-electron chi connectivity index (χ3n) is 2.62. The number of nitrogens with zero attached hydrogens (tertiary/aromatic N) is 2. The normalized spacial score (nSPS) is 11.1. The van der Waals surface area contributed by atoms with Crippen LogP contribution in [0.5, 0.6) is 0 Å². The average Bonchev–Trinajstić information content (AvgIpc) is 2.64. The maximum Gasteiger partial charge on any atom is 0.123 e. The van der Waals surface area contributed by atoms with Gasteiger partial charge in [-0.1, -0.05) is 19.9 Å². The van der Waals surface area contributed by atoms with Crippen molar-refractivity contribution in [3.05, 3.63) is 42.1 Å². The largest absolute Gasteiger partial charge is 0.340 e. The van der Waals surface area contributed by atoms with Crippen LogP contribution in [0.3, 0.4) is 0 Å². The van der Waals surface area contributed by atoms with Crippen LogP contribution in [0, 0.1) is 5.82 Å². The summed E-state index contributed by atoms with van der Waals surface area (Å²) in [5, 5.41) is 0. The van der Waals surface area contributed by atoms with E-state index in [0.717, 1.165) is 16.8 Å². The van der Waals surface area contributed by atoms with Crippen molar-refractivity contribution in [2.75, 3.05) is 0 Å². The molecule has 0 radical (unpaired) electrons. The van der Waals surface area contributed by atoms with Crippen LogP contribution in [0.1, 0.15) is 25.3 Å². The number of hydrogen-bond donors (Lipinski definition) is 0. The highest BCUT2D eigenvalue weighted by molar-refractivity contribution is 5.63. The quantitative estimate of drug-likeness (QED) is 0.755. The minimum Gasteiger partial charge on any atom is -0.340 e. The van der Waals surface area contributed by atoms with Gasteiger partial charge in [0.25, 0.3) is 0 Å². The maximum absolute atomic E-state index is 13.3. The lowest BCUT2D eigenvalue weighted by atomic mass is 9.95. The molecule has 2 aromatic rings.